The lowest BCUT2D eigenvalue weighted by Crippen LogP contribution is -2.51. The molecule has 1 N–H and O–H groups in total. The molecule has 0 bridgehead atoms. The SMILES string of the molecule is O=C(O)N1CCN(CC2CCCN(C3CC3)C2)CC1. The summed E-state index contributed by atoms with van der Waals surface area (Å²) in [4.78, 5) is 17.6. The molecule has 108 valence electrons. The fraction of sp³-hybridized carbons (Fsp3) is 0.929. The predicted octanol–water partition coefficient (Wildman–Crippen LogP) is 1.16. The van der Waals surface area contributed by atoms with Crippen molar-refractivity contribution in [2.45, 2.75) is 31.7 Å². The van der Waals surface area contributed by atoms with Gasteiger partial charge in [0.15, 0.2) is 0 Å². The van der Waals surface area contributed by atoms with Crippen molar-refractivity contribution in [3.8, 4) is 0 Å². The van der Waals surface area contributed by atoms with Crippen LogP contribution in [0.25, 0.3) is 0 Å². The van der Waals surface area contributed by atoms with Gasteiger partial charge in [-0.2, -0.15) is 0 Å². The molecule has 3 rings (SSSR count). The lowest BCUT2D eigenvalue weighted by atomic mass is 9.97. The first kappa shape index (κ1) is 13.2. The molecule has 1 unspecified atom stereocenters. The van der Waals surface area contributed by atoms with Crippen LogP contribution in [0.5, 0.6) is 0 Å². The molecule has 0 aromatic carbocycles. The molecule has 2 heterocycles. The number of piperazine rings is 1. The van der Waals surface area contributed by atoms with Crippen LogP contribution >= 0.6 is 0 Å². The molecule has 5 heteroatoms. The van der Waals surface area contributed by atoms with Crippen molar-refractivity contribution in [1.29, 1.82) is 0 Å². The van der Waals surface area contributed by atoms with Crippen molar-refractivity contribution < 1.29 is 9.90 Å². The van der Waals surface area contributed by atoms with Crippen LogP contribution in [-0.4, -0.2) is 77.8 Å². The van der Waals surface area contributed by atoms with Gasteiger partial charge in [-0.15, -0.1) is 0 Å². The second-order valence-corrected chi connectivity index (χ2v) is 6.30. The van der Waals surface area contributed by atoms with E-state index >= 15 is 0 Å². The highest BCUT2D eigenvalue weighted by Gasteiger charge is 2.33. The second-order valence-electron chi connectivity index (χ2n) is 6.30. The van der Waals surface area contributed by atoms with Crippen molar-refractivity contribution in [3.63, 3.8) is 0 Å². The van der Waals surface area contributed by atoms with Gasteiger partial charge in [0.25, 0.3) is 0 Å². The smallest absolute Gasteiger partial charge is 0.407 e. The number of rotatable bonds is 3. The molecular formula is C14H25N3O2. The summed E-state index contributed by atoms with van der Waals surface area (Å²) in [5, 5.41) is 8.95. The topological polar surface area (TPSA) is 47.0 Å². The number of piperidine rings is 1. The van der Waals surface area contributed by atoms with Crippen LogP contribution in [0.4, 0.5) is 4.79 Å². The monoisotopic (exact) mass is 267 g/mol. The minimum atomic E-state index is -0.766. The fourth-order valence-corrected chi connectivity index (χ4v) is 3.50. The highest BCUT2D eigenvalue weighted by atomic mass is 16.4. The highest BCUT2D eigenvalue weighted by Crippen LogP contribution is 2.31. The molecule has 0 aromatic rings. The Bertz CT molecular complexity index is 325. The second kappa shape index (κ2) is 5.67. The van der Waals surface area contributed by atoms with Gasteiger partial charge in [0, 0.05) is 45.3 Å². The van der Waals surface area contributed by atoms with E-state index in [1.165, 1.54) is 43.7 Å². The normalized spacial score (nSPS) is 30.5. The quantitative estimate of drug-likeness (QED) is 0.833. The lowest BCUT2D eigenvalue weighted by Gasteiger charge is -2.38. The Balaban J connectivity index is 1.42. The largest absolute Gasteiger partial charge is 0.465 e. The van der Waals surface area contributed by atoms with Crippen molar-refractivity contribution in [2.75, 3.05) is 45.8 Å². The first-order chi connectivity index (χ1) is 9.22. The summed E-state index contributed by atoms with van der Waals surface area (Å²) in [6, 6.07) is 0.895. The van der Waals surface area contributed by atoms with E-state index in [1.54, 1.807) is 0 Å². The third-order valence-electron chi connectivity index (χ3n) is 4.77. The average Bonchev–Trinajstić information content (AvgIpc) is 3.24. The number of nitrogens with zero attached hydrogens (tertiary/aromatic N) is 3. The number of hydrogen-bond acceptors (Lipinski definition) is 3. The molecule has 2 saturated heterocycles. The van der Waals surface area contributed by atoms with E-state index in [1.807, 2.05) is 0 Å². The standard InChI is InChI=1S/C14H25N3O2/c18-14(19)16-8-6-15(7-9-16)10-12-2-1-5-17(11-12)13-3-4-13/h12-13H,1-11H2,(H,18,19). The minimum absolute atomic E-state index is 0.675. The molecule has 2 aliphatic heterocycles. The number of likely N-dealkylation sites (tertiary alicyclic amines) is 1. The third-order valence-corrected chi connectivity index (χ3v) is 4.77. The van der Waals surface area contributed by atoms with Gasteiger partial charge in [0.1, 0.15) is 0 Å². The molecule has 3 aliphatic rings. The summed E-state index contributed by atoms with van der Waals surface area (Å²) in [5.74, 6) is 0.797. The van der Waals surface area contributed by atoms with E-state index < -0.39 is 6.09 Å². The third kappa shape index (κ3) is 3.39. The maximum atomic E-state index is 10.9. The molecule has 0 spiro atoms. The van der Waals surface area contributed by atoms with Crippen molar-refractivity contribution in [1.82, 2.24) is 14.7 Å². The highest BCUT2D eigenvalue weighted by molar-refractivity contribution is 5.65. The zero-order chi connectivity index (χ0) is 13.2. The van der Waals surface area contributed by atoms with E-state index in [-0.39, 0.29) is 0 Å². The Morgan fingerprint density at radius 3 is 2.42 bits per heavy atom. The number of carbonyl (C=O) groups is 1. The van der Waals surface area contributed by atoms with Gasteiger partial charge in [-0.25, -0.2) is 4.79 Å². The van der Waals surface area contributed by atoms with Crippen LogP contribution in [0.1, 0.15) is 25.7 Å². The van der Waals surface area contributed by atoms with Crippen LogP contribution in [0, 0.1) is 5.92 Å². The van der Waals surface area contributed by atoms with E-state index in [2.05, 4.69) is 9.80 Å². The van der Waals surface area contributed by atoms with Gasteiger partial charge in [0.05, 0.1) is 0 Å². The number of amides is 1. The van der Waals surface area contributed by atoms with Crippen molar-refractivity contribution in [2.24, 2.45) is 5.92 Å². The maximum Gasteiger partial charge on any atom is 0.407 e. The van der Waals surface area contributed by atoms with Crippen LogP contribution in [-0.2, 0) is 0 Å². The molecule has 0 aromatic heterocycles. The first-order valence-corrected chi connectivity index (χ1v) is 7.66. The van der Waals surface area contributed by atoms with E-state index in [9.17, 15) is 4.79 Å². The summed E-state index contributed by atoms with van der Waals surface area (Å²) in [6.07, 6.45) is 4.74. The Kier molecular flexibility index (Phi) is 3.93. The summed E-state index contributed by atoms with van der Waals surface area (Å²) >= 11 is 0. The fourth-order valence-electron chi connectivity index (χ4n) is 3.50. The van der Waals surface area contributed by atoms with Gasteiger partial charge in [0.2, 0.25) is 0 Å². The maximum absolute atomic E-state index is 10.9. The molecule has 3 fully saturated rings. The zero-order valence-corrected chi connectivity index (χ0v) is 11.6. The van der Waals surface area contributed by atoms with E-state index in [0.717, 1.165) is 31.6 Å². The van der Waals surface area contributed by atoms with Gasteiger partial charge < -0.3 is 14.9 Å². The molecule has 0 radical (unpaired) electrons. The molecular weight excluding hydrogens is 242 g/mol. The zero-order valence-electron chi connectivity index (χ0n) is 11.6. The lowest BCUT2D eigenvalue weighted by molar-refractivity contribution is 0.0812. The summed E-state index contributed by atoms with van der Waals surface area (Å²) < 4.78 is 0. The van der Waals surface area contributed by atoms with Crippen LogP contribution in [0.3, 0.4) is 0 Å². The summed E-state index contributed by atoms with van der Waals surface area (Å²) in [7, 11) is 0. The minimum Gasteiger partial charge on any atom is -0.465 e. The van der Waals surface area contributed by atoms with Gasteiger partial charge in [-0.05, 0) is 38.1 Å². The Labute approximate surface area is 115 Å². The predicted molar refractivity (Wildman–Crippen MR) is 73.4 cm³/mol. The first-order valence-electron chi connectivity index (χ1n) is 7.66. The molecule has 1 aliphatic carbocycles. The molecule has 1 atom stereocenters. The van der Waals surface area contributed by atoms with Gasteiger partial charge >= 0.3 is 6.09 Å². The molecule has 5 nitrogen and oxygen atoms in total. The van der Waals surface area contributed by atoms with Gasteiger partial charge in [-0.3, -0.25) is 4.90 Å². The van der Waals surface area contributed by atoms with Crippen molar-refractivity contribution >= 4 is 6.09 Å². The number of hydrogen-bond donors (Lipinski definition) is 1. The van der Waals surface area contributed by atoms with Crippen LogP contribution in [0.2, 0.25) is 0 Å². The molecule has 1 saturated carbocycles. The van der Waals surface area contributed by atoms with E-state index in [4.69, 9.17) is 5.11 Å². The Hall–Kier alpha value is -0.810. The van der Waals surface area contributed by atoms with Crippen molar-refractivity contribution in [3.05, 3.63) is 0 Å². The molecule has 1 amide bonds. The summed E-state index contributed by atoms with van der Waals surface area (Å²) in [6.45, 7) is 6.90. The van der Waals surface area contributed by atoms with Crippen LogP contribution < -0.4 is 0 Å². The average molecular weight is 267 g/mol. The number of carboxylic acid groups (broad SMARTS) is 1. The molecule has 19 heavy (non-hydrogen) atoms. The summed E-state index contributed by atoms with van der Waals surface area (Å²) in [5.41, 5.74) is 0. The van der Waals surface area contributed by atoms with E-state index in [0.29, 0.717) is 13.1 Å². The Morgan fingerprint density at radius 1 is 1.05 bits per heavy atom. The van der Waals surface area contributed by atoms with Crippen LogP contribution in [0.15, 0.2) is 0 Å². The Morgan fingerprint density at radius 2 is 1.79 bits per heavy atom. The van der Waals surface area contributed by atoms with Gasteiger partial charge in [-0.1, -0.05) is 0 Å².